The fourth-order valence-electron chi connectivity index (χ4n) is 5.70. The number of nitrogens with zero attached hydrogens (tertiary/aromatic N) is 5. The number of nitrogens with one attached hydrogen (secondary N) is 1. The Hall–Kier alpha value is -3.35. The van der Waals surface area contributed by atoms with Crippen molar-refractivity contribution in [3.8, 4) is 0 Å². The summed E-state index contributed by atoms with van der Waals surface area (Å²) in [7, 11) is 0. The van der Waals surface area contributed by atoms with Gasteiger partial charge in [0.15, 0.2) is 11.9 Å². The summed E-state index contributed by atoms with van der Waals surface area (Å²) in [6.07, 6.45) is 7.26. The van der Waals surface area contributed by atoms with Gasteiger partial charge in [0.2, 0.25) is 5.95 Å². The Kier molecular flexibility index (Phi) is 5.15. The zero-order chi connectivity index (χ0) is 23.2. The average Bonchev–Trinajstić information content (AvgIpc) is 3.27. The maximum Gasteiger partial charge on any atom is 0.229 e. The van der Waals surface area contributed by atoms with Gasteiger partial charge in [0.1, 0.15) is 0 Å². The number of fused-ring (bicyclic) bond motifs is 1. The standard InChI is InChI=1S/C26H30N6O/c1-5-26(17-9-7-10-18(13-17)32(6-2)24-27-11-8-12-28-24)19-16-29-31-23(19)30-20-14-25(3,4)15-21(33)22(20)26/h7-13,16,23,30H,5-6,14-15H2,1-4H3. The van der Waals surface area contributed by atoms with E-state index in [1.807, 2.05) is 12.3 Å². The number of Topliss-reactive ketones (excluding diaryl/α,β-unsaturated/α-hetero) is 1. The second kappa shape index (κ2) is 7.90. The van der Waals surface area contributed by atoms with E-state index in [4.69, 9.17) is 0 Å². The van der Waals surface area contributed by atoms with Gasteiger partial charge in [-0.3, -0.25) is 4.79 Å². The molecular weight excluding hydrogens is 412 g/mol. The molecule has 0 spiro atoms. The molecule has 2 atom stereocenters. The minimum absolute atomic E-state index is 0.0785. The Morgan fingerprint density at radius 3 is 2.64 bits per heavy atom. The number of hydrogen-bond acceptors (Lipinski definition) is 7. The van der Waals surface area contributed by atoms with Gasteiger partial charge in [0, 0.05) is 47.9 Å². The first-order valence-corrected chi connectivity index (χ1v) is 11.7. The summed E-state index contributed by atoms with van der Waals surface area (Å²) in [6, 6.07) is 10.3. The lowest BCUT2D eigenvalue weighted by Gasteiger charge is -2.48. The number of carbonyl (C=O) groups excluding carboxylic acids is 1. The van der Waals surface area contributed by atoms with Crippen molar-refractivity contribution < 1.29 is 4.79 Å². The van der Waals surface area contributed by atoms with Crippen molar-refractivity contribution in [3.05, 3.63) is 71.3 Å². The van der Waals surface area contributed by atoms with E-state index in [0.29, 0.717) is 12.4 Å². The molecule has 0 fully saturated rings. The molecule has 0 bridgehead atoms. The van der Waals surface area contributed by atoms with Crippen LogP contribution in [-0.2, 0) is 10.2 Å². The molecule has 170 valence electrons. The molecule has 1 aliphatic carbocycles. The minimum atomic E-state index is -0.560. The largest absolute Gasteiger partial charge is 0.362 e. The lowest BCUT2D eigenvalue weighted by Crippen LogP contribution is -2.51. The zero-order valence-corrected chi connectivity index (χ0v) is 19.7. The highest BCUT2D eigenvalue weighted by Gasteiger charge is 2.53. The Balaban J connectivity index is 1.69. The second-order valence-corrected chi connectivity index (χ2v) is 9.76. The van der Waals surface area contributed by atoms with Crippen molar-refractivity contribution in [1.29, 1.82) is 0 Å². The maximum absolute atomic E-state index is 13.7. The van der Waals surface area contributed by atoms with Crippen molar-refractivity contribution in [3.63, 3.8) is 0 Å². The third kappa shape index (κ3) is 3.37. The van der Waals surface area contributed by atoms with E-state index in [2.05, 4.69) is 82.4 Å². The molecule has 0 radical (unpaired) electrons. The first-order chi connectivity index (χ1) is 15.9. The molecule has 0 saturated heterocycles. The fourth-order valence-corrected chi connectivity index (χ4v) is 5.70. The first-order valence-electron chi connectivity index (χ1n) is 11.7. The van der Waals surface area contributed by atoms with E-state index in [-0.39, 0.29) is 17.4 Å². The highest BCUT2D eigenvalue weighted by Crippen LogP contribution is 2.54. The maximum atomic E-state index is 13.7. The molecule has 7 nitrogen and oxygen atoms in total. The van der Waals surface area contributed by atoms with Crippen LogP contribution < -0.4 is 10.2 Å². The average molecular weight is 443 g/mol. The molecule has 2 aromatic rings. The predicted molar refractivity (Wildman–Crippen MR) is 128 cm³/mol. The van der Waals surface area contributed by atoms with Gasteiger partial charge in [-0.15, -0.1) is 0 Å². The van der Waals surface area contributed by atoms with Crippen LogP contribution in [0.1, 0.15) is 52.5 Å². The molecule has 3 heterocycles. The predicted octanol–water partition coefficient (Wildman–Crippen LogP) is 5.20. The van der Waals surface area contributed by atoms with Gasteiger partial charge < -0.3 is 10.2 Å². The van der Waals surface area contributed by atoms with Crippen LogP contribution in [0.15, 0.2) is 76.0 Å². The van der Waals surface area contributed by atoms with Gasteiger partial charge in [0.05, 0.1) is 11.6 Å². The number of carbonyl (C=O) groups is 1. The number of allylic oxidation sites excluding steroid dienone is 2. The first kappa shape index (κ1) is 21.5. The number of anilines is 2. The molecule has 0 saturated carbocycles. The van der Waals surface area contributed by atoms with E-state index in [9.17, 15) is 4.79 Å². The molecule has 1 N–H and O–H groups in total. The third-order valence-corrected chi connectivity index (χ3v) is 7.07. The molecular formula is C26H30N6O. The molecule has 2 unspecified atom stereocenters. The number of hydrogen-bond donors (Lipinski definition) is 1. The summed E-state index contributed by atoms with van der Waals surface area (Å²) in [5.74, 6) is 0.873. The molecule has 2 aliphatic heterocycles. The topological polar surface area (TPSA) is 82.8 Å². The fraction of sp³-hybridized carbons (Fsp3) is 0.423. The monoisotopic (exact) mass is 442 g/mol. The van der Waals surface area contributed by atoms with Gasteiger partial charge in [-0.1, -0.05) is 32.9 Å². The van der Waals surface area contributed by atoms with Crippen LogP contribution in [0.25, 0.3) is 0 Å². The van der Waals surface area contributed by atoms with Crippen molar-refractivity contribution in [2.24, 2.45) is 15.6 Å². The van der Waals surface area contributed by atoms with E-state index in [1.54, 1.807) is 12.4 Å². The molecule has 7 heteroatoms. The highest BCUT2D eigenvalue weighted by atomic mass is 16.1. The summed E-state index contributed by atoms with van der Waals surface area (Å²) >= 11 is 0. The highest BCUT2D eigenvalue weighted by molar-refractivity contribution is 6.01. The second-order valence-electron chi connectivity index (χ2n) is 9.76. The van der Waals surface area contributed by atoms with Crippen LogP contribution in [0.4, 0.5) is 11.6 Å². The van der Waals surface area contributed by atoms with Gasteiger partial charge in [0.25, 0.3) is 0 Å². The van der Waals surface area contributed by atoms with Crippen LogP contribution in [0, 0.1) is 5.41 Å². The van der Waals surface area contributed by atoms with Crippen molar-refractivity contribution in [2.45, 2.75) is 58.5 Å². The van der Waals surface area contributed by atoms with E-state index < -0.39 is 5.41 Å². The minimum Gasteiger partial charge on any atom is -0.362 e. The number of aromatic nitrogens is 2. The summed E-state index contributed by atoms with van der Waals surface area (Å²) < 4.78 is 0. The van der Waals surface area contributed by atoms with E-state index in [0.717, 1.165) is 47.5 Å². The Morgan fingerprint density at radius 1 is 1.12 bits per heavy atom. The van der Waals surface area contributed by atoms with Gasteiger partial charge >= 0.3 is 0 Å². The molecule has 1 aromatic heterocycles. The summed E-state index contributed by atoms with van der Waals surface area (Å²) in [5, 5.41) is 12.3. The van der Waals surface area contributed by atoms with Gasteiger partial charge in [-0.2, -0.15) is 10.2 Å². The number of azo groups is 1. The molecule has 1 aromatic carbocycles. The van der Waals surface area contributed by atoms with Gasteiger partial charge in [-0.25, -0.2) is 9.97 Å². The van der Waals surface area contributed by atoms with Crippen LogP contribution in [-0.4, -0.2) is 28.5 Å². The number of rotatable bonds is 5. The summed E-state index contributed by atoms with van der Waals surface area (Å²) in [5.41, 5.74) is 4.40. The van der Waals surface area contributed by atoms with Crippen LogP contribution in [0.3, 0.4) is 0 Å². The quantitative estimate of drug-likeness (QED) is 0.688. The Morgan fingerprint density at radius 2 is 1.91 bits per heavy atom. The van der Waals surface area contributed by atoms with Gasteiger partial charge in [-0.05, 0) is 48.9 Å². The molecule has 33 heavy (non-hydrogen) atoms. The molecule has 3 aliphatic rings. The van der Waals surface area contributed by atoms with Crippen LogP contribution >= 0.6 is 0 Å². The van der Waals surface area contributed by atoms with E-state index in [1.165, 1.54) is 0 Å². The van der Waals surface area contributed by atoms with Crippen LogP contribution in [0.2, 0.25) is 0 Å². The normalized spacial score (nSPS) is 25.3. The van der Waals surface area contributed by atoms with Crippen molar-refractivity contribution in [2.75, 3.05) is 11.4 Å². The van der Waals surface area contributed by atoms with Crippen molar-refractivity contribution >= 4 is 17.4 Å². The molecule has 0 amide bonds. The van der Waals surface area contributed by atoms with E-state index >= 15 is 0 Å². The SMILES string of the molecule is CCN(c1cccc(C2(CC)C3=CN=NC3NC3=C2C(=O)CC(C)(C)C3)c1)c1ncccn1. The van der Waals surface area contributed by atoms with Crippen LogP contribution in [0.5, 0.6) is 0 Å². The third-order valence-electron chi connectivity index (χ3n) is 7.07. The lowest BCUT2D eigenvalue weighted by molar-refractivity contribution is -0.119. The van der Waals surface area contributed by atoms with Crippen molar-refractivity contribution in [1.82, 2.24) is 15.3 Å². The number of benzene rings is 1. The Bertz CT molecular complexity index is 1180. The molecule has 5 rings (SSSR count). The Labute approximate surface area is 194 Å². The zero-order valence-electron chi connectivity index (χ0n) is 19.7. The smallest absolute Gasteiger partial charge is 0.229 e. The summed E-state index contributed by atoms with van der Waals surface area (Å²) in [6.45, 7) is 9.29. The summed E-state index contributed by atoms with van der Waals surface area (Å²) in [4.78, 5) is 24.7. The lowest BCUT2D eigenvalue weighted by atomic mass is 9.59. The number of ketones is 1.